The Morgan fingerprint density at radius 1 is 1.00 bits per heavy atom. The first kappa shape index (κ1) is 19.5. The van der Waals surface area contributed by atoms with E-state index in [9.17, 15) is 4.79 Å². The van der Waals surface area contributed by atoms with Crippen LogP contribution >= 0.6 is 11.6 Å². The summed E-state index contributed by atoms with van der Waals surface area (Å²) in [6.45, 7) is 1.70. The van der Waals surface area contributed by atoms with Crippen LogP contribution in [0.5, 0.6) is 5.75 Å². The molecule has 5 heteroatoms. The van der Waals surface area contributed by atoms with Crippen molar-refractivity contribution < 1.29 is 9.53 Å². The van der Waals surface area contributed by atoms with E-state index in [1.165, 1.54) is 11.1 Å². The quantitative estimate of drug-likeness (QED) is 0.662. The van der Waals surface area contributed by atoms with Gasteiger partial charge in [-0.1, -0.05) is 72.3 Å². The van der Waals surface area contributed by atoms with Crippen LogP contribution in [-0.4, -0.2) is 16.8 Å². The molecule has 4 rings (SSSR count). The number of nitrogens with two attached hydrogens (primary N) is 1. The number of hydrogen-bond acceptors (Lipinski definition) is 3. The number of carbonyl (C=O) groups excluding carboxylic acids is 1. The number of benzene rings is 3. The molecular weight excluding hydrogens is 384 g/mol. The fraction of sp³-hybridized carbons (Fsp3) is 0.208. The molecule has 1 aliphatic heterocycles. The molecule has 0 saturated heterocycles. The molecule has 2 N–H and O–H groups in total. The highest BCUT2D eigenvalue weighted by atomic mass is 35.5. The van der Waals surface area contributed by atoms with Crippen LogP contribution in [0.2, 0.25) is 5.02 Å². The lowest BCUT2D eigenvalue weighted by Gasteiger charge is -2.21. The van der Waals surface area contributed by atoms with Crippen LogP contribution in [0.1, 0.15) is 22.3 Å². The fourth-order valence-electron chi connectivity index (χ4n) is 3.57. The predicted octanol–water partition coefficient (Wildman–Crippen LogP) is 4.33. The van der Waals surface area contributed by atoms with E-state index in [-0.39, 0.29) is 5.91 Å². The highest BCUT2D eigenvalue weighted by Crippen LogP contribution is 2.26. The van der Waals surface area contributed by atoms with E-state index in [1.54, 1.807) is 11.0 Å². The molecule has 3 aromatic carbocycles. The van der Waals surface area contributed by atoms with Crippen LogP contribution in [0.15, 0.2) is 72.8 Å². The van der Waals surface area contributed by atoms with Gasteiger partial charge in [0, 0.05) is 18.1 Å². The first-order valence-electron chi connectivity index (χ1n) is 9.66. The van der Waals surface area contributed by atoms with Gasteiger partial charge < -0.3 is 15.4 Å². The molecule has 148 valence electrons. The Labute approximate surface area is 175 Å². The second-order valence-corrected chi connectivity index (χ2v) is 7.71. The number of amides is 1. The average molecular weight is 407 g/mol. The fourth-order valence-corrected chi connectivity index (χ4v) is 3.82. The van der Waals surface area contributed by atoms with Crippen LogP contribution in [0.4, 0.5) is 0 Å². The third-order valence-corrected chi connectivity index (χ3v) is 5.53. The van der Waals surface area contributed by atoms with Crippen molar-refractivity contribution in [1.82, 2.24) is 4.90 Å². The lowest BCUT2D eigenvalue weighted by Crippen LogP contribution is -2.42. The van der Waals surface area contributed by atoms with E-state index in [0.29, 0.717) is 36.9 Å². The molecule has 0 radical (unpaired) electrons. The van der Waals surface area contributed by atoms with Crippen molar-refractivity contribution in [3.8, 4) is 5.75 Å². The molecule has 1 amide bonds. The van der Waals surface area contributed by atoms with Crippen LogP contribution in [0.25, 0.3) is 0 Å². The zero-order valence-corrected chi connectivity index (χ0v) is 16.8. The third-order valence-electron chi connectivity index (χ3n) is 5.18. The predicted molar refractivity (Wildman–Crippen MR) is 115 cm³/mol. The molecule has 0 saturated carbocycles. The summed E-state index contributed by atoms with van der Waals surface area (Å²) >= 11 is 6.43. The summed E-state index contributed by atoms with van der Waals surface area (Å²) < 4.78 is 5.81. The number of halogens is 1. The largest absolute Gasteiger partial charge is 0.489 e. The van der Waals surface area contributed by atoms with Crippen molar-refractivity contribution in [1.29, 1.82) is 0 Å². The number of carbonyl (C=O) groups is 1. The van der Waals surface area contributed by atoms with Gasteiger partial charge in [0.15, 0.2) is 0 Å². The number of rotatable bonds is 6. The molecule has 1 aliphatic rings. The Bertz CT molecular complexity index is 982. The molecule has 0 spiro atoms. The minimum absolute atomic E-state index is 0.0540. The molecule has 4 nitrogen and oxygen atoms in total. The van der Waals surface area contributed by atoms with E-state index in [1.807, 2.05) is 54.6 Å². The second kappa shape index (κ2) is 8.68. The van der Waals surface area contributed by atoms with Gasteiger partial charge in [0.05, 0.1) is 6.04 Å². The third kappa shape index (κ3) is 4.61. The lowest BCUT2D eigenvalue weighted by molar-refractivity contribution is -0.133. The minimum atomic E-state index is -0.627. The number of nitrogens with zero attached hydrogens (tertiary/aromatic N) is 1. The monoisotopic (exact) mass is 406 g/mol. The first-order valence-corrected chi connectivity index (χ1v) is 10.0. The molecule has 1 atom stereocenters. The van der Waals surface area contributed by atoms with Crippen LogP contribution in [0.3, 0.4) is 0 Å². The standard InChI is InChI=1S/C24H23ClN2O2/c25-22-13-21(29-16-17-6-2-1-3-7-17)11-10-18(22)12-23(26)24(28)27-14-19-8-4-5-9-20(19)15-27/h1-11,13,23H,12,14-16,26H2. The highest BCUT2D eigenvalue weighted by Gasteiger charge is 2.27. The molecule has 1 heterocycles. The minimum Gasteiger partial charge on any atom is -0.489 e. The summed E-state index contributed by atoms with van der Waals surface area (Å²) in [7, 11) is 0. The Balaban J connectivity index is 1.36. The normalized spacial score (nSPS) is 13.8. The van der Waals surface area contributed by atoms with Gasteiger partial charge in [0.1, 0.15) is 12.4 Å². The van der Waals surface area contributed by atoms with Crippen LogP contribution in [-0.2, 0) is 30.9 Å². The van der Waals surface area contributed by atoms with E-state index >= 15 is 0 Å². The molecule has 0 bridgehead atoms. The summed E-state index contributed by atoms with van der Waals surface area (Å²) in [6, 6.07) is 23.0. The Morgan fingerprint density at radius 3 is 2.31 bits per heavy atom. The van der Waals surface area contributed by atoms with Crippen LogP contribution in [0, 0.1) is 0 Å². The molecule has 0 aliphatic carbocycles. The van der Waals surface area contributed by atoms with Crippen molar-refractivity contribution in [2.45, 2.75) is 32.2 Å². The van der Waals surface area contributed by atoms with Gasteiger partial charge >= 0.3 is 0 Å². The van der Waals surface area contributed by atoms with E-state index < -0.39 is 6.04 Å². The van der Waals surface area contributed by atoms with Crippen molar-refractivity contribution in [2.75, 3.05) is 0 Å². The van der Waals surface area contributed by atoms with Crippen molar-refractivity contribution in [2.24, 2.45) is 5.73 Å². The van der Waals surface area contributed by atoms with E-state index in [0.717, 1.165) is 11.1 Å². The SMILES string of the molecule is NC(Cc1ccc(OCc2ccccc2)cc1Cl)C(=O)N1Cc2ccccc2C1. The lowest BCUT2D eigenvalue weighted by atomic mass is 10.1. The maximum Gasteiger partial charge on any atom is 0.240 e. The first-order chi connectivity index (χ1) is 14.1. The van der Waals surface area contributed by atoms with Gasteiger partial charge in [0.25, 0.3) is 0 Å². The van der Waals surface area contributed by atoms with Crippen molar-refractivity contribution in [3.63, 3.8) is 0 Å². The van der Waals surface area contributed by atoms with E-state index in [4.69, 9.17) is 22.1 Å². The summed E-state index contributed by atoms with van der Waals surface area (Å²) in [4.78, 5) is 14.6. The summed E-state index contributed by atoms with van der Waals surface area (Å²) in [5.74, 6) is 0.638. The van der Waals surface area contributed by atoms with Gasteiger partial charge in [-0.3, -0.25) is 4.79 Å². The Morgan fingerprint density at radius 2 is 1.66 bits per heavy atom. The summed E-state index contributed by atoms with van der Waals surface area (Å²) in [5.41, 5.74) is 10.5. The van der Waals surface area contributed by atoms with Gasteiger partial charge in [-0.05, 0) is 40.8 Å². The molecule has 29 heavy (non-hydrogen) atoms. The van der Waals surface area contributed by atoms with Crippen molar-refractivity contribution >= 4 is 17.5 Å². The second-order valence-electron chi connectivity index (χ2n) is 7.30. The van der Waals surface area contributed by atoms with Crippen molar-refractivity contribution in [3.05, 3.63) is 100 Å². The Hall–Kier alpha value is -2.82. The average Bonchev–Trinajstić information content (AvgIpc) is 3.18. The zero-order chi connectivity index (χ0) is 20.2. The number of ether oxygens (including phenoxy) is 1. The van der Waals surface area contributed by atoms with Gasteiger partial charge in [-0.15, -0.1) is 0 Å². The maximum atomic E-state index is 12.8. The molecule has 0 aromatic heterocycles. The maximum absolute atomic E-state index is 12.8. The number of fused-ring (bicyclic) bond motifs is 1. The summed E-state index contributed by atoms with van der Waals surface area (Å²) in [6.07, 6.45) is 0.392. The van der Waals surface area contributed by atoms with E-state index in [2.05, 4.69) is 12.1 Å². The van der Waals surface area contributed by atoms with Gasteiger partial charge in [0.2, 0.25) is 5.91 Å². The molecular formula is C24H23ClN2O2. The number of hydrogen-bond donors (Lipinski definition) is 1. The smallest absolute Gasteiger partial charge is 0.240 e. The highest BCUT2D eigenvalue weighted by molar-refractivity contribution is 6.31. The van der Waals surface area contributed by atoms with Crippen LogP contribution < -0.4 is 10.5 Å². The zero-order valence-electron chi connectivity index (χ0n) is 16.1. The molecule has 1 unspecified atom stereocenters. The van der Waals surface area contributed by atoms with Gasteiger partial charge in [-0.25, -0.2) is 0 Å². The molecule has 0 fully saturated rings. The van der Waals surface area contributed by atoms with Gasteiger partial charge in [-0.2, -0.15) is 0 Å². The summed E-state index contributed by atoms with van der Waals surface area (Å²) in [5, 5.41) is 0.559. The Kier molecular flexibility index (Phi) is 5.84. The molecule has 3 aromatic rings. The topological polar surface area (TPSA) is 55.6 Å².